The van der Waals surface area contributed by atoms with Gasteiger partial charge in [0.1, 0.15) is 11.5 Å². The second-order valence-corrected chi connectivity index (χ2v) is 2.55. The molecule has 0 unspecified atom stereocenters. The van der Waals surface area contributed by atoms with Gasteiger partial charge in [0.25, 0.3) is 0 Å². The van der Waals surface area contributed by atoms with Gasteiger partial charge in [-0.25, -0.2) is 0 Å². The molecule has 68 valence electrons. The molecule has 0 atom stereocenters. The van der Waals surface area contributed by atoms with Gasteiger partial charge in [0.2, 0.25) is 0 Å². The first kappa shape index (κ1) is 10.9. The van der Waals surface area contributed by atoms with Gasteiger partial charge in [0.05, 0.1) is 0 Å². The van der Waals surface area contributed by atoms with Gasteiger partial charge in [-0.05, 0) is 19.9 Å². The molecule has 0 aromatic heterocycles. The number of rotatable bonds is 4. The minimum atomic E-state index is -0.341. The first-order chi connectivity index (χ1) is 5.56. The van der Waals surface area contributed by atoms with Crippen molar-refractivity contribution >= 4 is 11.8 Å². The lowest BCUT2D eigenvalue weighted by Crippen LogP contribution is -2.00. The third-order valence-electron chi connectivity index (χ3n) is 1.32. The van der Waals surface area contributed by atoms with Crippen LogP contribution in [0.25, 0.3) is 0 Å². The number of hydrogen-bond acceptors (Lipinski definition) is 3. The number of esters is 1. The molecule has 0 heterocycles. The van der Waals surface area contributed by atoms with Crippen LogP contribution in [-0.2, 0) is 14.3 Å². The smallest absolute Gasteiger partial charge is 0.307 e. The quantitative estimate of drug-likeness (QED) is 0.477. The van der Waals surface area contributed by atoms with Crippen molar-refractivity contribution in [2.75, 3.05) is 0 Å². The molecule has 12 heavy (non-hydrogen) atoms. The number of allylic oxidation sites excluding steroid dienone is 2. The number of hydrogen-bond donors (Lipinski definition) is 0. The van der Waals surface area contributed by atoms with Gasteiger partial charge in [-0.1, -0.05) is 0 Å². The summed E-state index contributed by atoms with van der Waals surface area (Å²) in [7, 11) is 0. The average molecular weight is 170 g/mol. The fourth-order valence-corrected chi connectivity index (χ4v) is 0.738. The second kappa shape index (κ2) is 5.52. The lowest BCUT2D eigenvalue weighted by atomic mass is 10.2. The zero-order valence-corrected chi connectivity index (χ0v) is 7.72. The molecule has 3 nitrogen and oxygen atoms in total. The predicted octanol–water partition coefficient (Wildman–Crippen LogP) is 1.82. The van der Waals surface area contributed by atoms with Crippen LogP contribution in [0.3, 0.4) is 0 Å². The molecule has 0 aromatic rings. The fraction of sp³-hybridized carbons (Fsp3) is 0.556. The van der Waals surface area contributed by atoms with E-state index in [4.69, 9.17) is 4.74 Å². The largest absolute Gasteiger partial charge is 0.432 e. The Balaban J connectivity index is 3.85. The summed E-state index contributed by atoms with van der Waals surface area (Å²) in [6, 6.07) is 0. The first-order valence-electron chi connectivity index (χ1n) is 3.89. The molecule has 3 heteroatoms. The summed E-state index contributed by atoms with van der Waals surface area (Å²) in [5, 5.41) is 0. The Morgan fingerprint density at radius 1 is 1.25 bits per heavy atom. The first-order valence-corrected chi connectivity index (χ1v) is 3.89. The van der Waals surface area contributed by atoms with Crippen LogP contribution in [-0.4, -0.2) is 11.8 Å². The topological polar surface area (TPSA) is 43.4 Å². The standard InChI is InChI=1S/C9H14O3/c1-4-9(12-8(3)11)6-5-7(2)10/h4H,5-6H2,1-3H3. The Morgan fingerprint density at radius 2 is 1.83 bits per heavy atom. The van der Waals surface area contributed by atoms with Crippen molar-refractivity contribution in [1.82, 2.24) is 0 Å². The third-order valence-corrected chi connectivity index (χ3v) is 1.32. The summed E-state index contributed by atoms with van der Waals surface area (Å²) < 4.78 is 4.82. The zero-order valence-electron chi connectivity index (χ0n) is 7.72. The lowest BCUT2D eigenvalue weighted by Gasteiger charge is -2.03. The van der Waals surface area contributed by atoms with Crippen LogP contribution in [0, 0.1) is 0 Å². The van der Waals surface area contributed by atoms with Crippen LogP contribution in [0.1, 0.15) is 33.6 Å². The lowest BCUT2D eigenvalue weighted by molar-refractivity contribution is -0.137. The van der Waals surface area contributed by atoms with Crippen LogP contribution >= 0.6 is 0 Å². The number of ether oxygens (including phenoxy) is 1. The van der Waals surface area contributed by atoms with E-state index in [2.05, 4.69) is 0 Å². The summed E-state index contributed by atoms with van der Waals surface area (Å²) in [5.41, 5.74) is 0. The van der Waals surface area contributed by atoms with Crippen LogP contribution in [0.2, 0.25) is 0 Å². The van der Waals surface area contributed by atoms with Gasteiger partial charge in [0.15, 0.2) is 0 Å². The molecule has 0 N–H and O–H groups in total. The number of Topliss-reactive ketones (excluding diaryl/α,β-unsaturated/α-hetero) is 1. The monoisotopic (exact) mass is 170 g/mol. The normalized spacial score (nSPS) is 11.1. The van der Waals surface area contributed by atoms with E-state index in [1.165, 1.54) is 13.8 Å². The molecule has 0 aliphatic carbocycles. The summed E-state index contributed by atoms with van der Waals surface area (Å²) in [5.74, 6) is 0.325. The van der Waals surface area contributed by atoms with E-state index in [-0.39, 0.29) is 11.8 Å². The Morgan fingerprint density at radius 3 is 2.17 bits per heavy atom. The molecule has 0 aliphatic heterocycles. The van der Waals surface area contributed by atoms with E-state index in [9.17, 15) is 9.59 Å². The van der Waals surface area contributed by atoms with Crippen molar-refractivity contribution in [3.05, 3.63) is 11.8 Å². The maximum Gasteiger partial charge on any atom is 0.307 e. The van der Waals surface area contributed by atoms with Gasteiger partial charge < -0.3 is 9.53 Å². The van der Waals surface area contributed by atoms with Crippen LogP contribution in [0.5, 0.6) is 0 Å². The Hall–Kier alpha value is -1.12. The van der Waals surface area contributed by atoms with Crippen molar-refractivity contribution in [3.8, 4) is 0 Å². The Labute approximate surface area is 72.4 Å². The molecule has 0 saturated heterocycles. The highest BCUT2D eigenvalue weighted by Crippen LogP contribution is 2.07. The van der Waals surface area contributed by atoms with E-state index in [1.54, 1.807) is 13.0 Å². The van der Waals surface area contributed by atoms with E-state index in [1.807, 2.05) is 0 Å². The van der Waals surface area contributed by atoms with Crippen molar-refractivity contribution in [2.45, 2.75) is 33.6 Å². The molecule has 0 aromatic carbocycles. The van der Waals surface area contributed by atoms with Gasteiger partial charge in [0, 0.05) is 19.8 Å². The van der Waals surface area contributed by atoms with E-state index in [0.717, 1.165) is 0 Å². The van der Waals surface area contributed by atoms with E-state index in [0.29, 0.717) is 18.6 Å². The Bertz CT molecular complexity index is 204. The van der Waals surface area contributed by atoms with Gasteiger partial charge in [-0.3, -0.25) is 4.79 Å². The fourth-order valence-electron chi connectivity index (χ4n) is 0.738. The molecular weight excluding hydrogens is 156 g/mol. The highest BCUT2D eigenvalue weighted by molar-refractivity contribution is 5.75. The minimum Gasteiger partial charge on any atom is -0.432 e. The minimum absolute atomic E-state index is 0.0986. The van der Waals surface area contributed by atoms with Crippen LogP contribution < -0.4 is 0 Å². The Kier molecular flexibility index (Phi) is 5.00. The molecule has 0 bridgehead atoms. The average Bonchev–Trinajstić information content (AvgIpc) is 1.97. The summed E-state index contributed by atoms with van der Waals surface area (Å²) >= 11 is 0. The van der Waals surface area contributed by atoms with E-state index < -0.39 is 0 Å². The summed E-state index contributed by atoms with van der Waals surface area (Å²) in [6.07, 6.45) is 2.63. The van der Waals surface area contributed by atoms with Crippen molar-refractivity contribution in [3.63, 3.8) is 0 Å². The zero-order chi connectivity index (χ0) is 9.56. The number of carbonyl (C=O) groups excluding carboxylic acids is 2. The number of ketones is 1. The summed E-state index contributed by atoms with van der Waals surface area (Å²) in [6.45, 7) is 4.64. The second-order valence-electron chi connectivity index (χ2n) is 2.55. The van der Waals surface area contributed by atoms with Gasteiger partial charge in [-0.2, -0.15) is 0 Å². The maximum absolute atomic E-state index is 10.6. The predicted molar refractivity (Wildman–Crippen MR) is 45.4 cm³/mol. The molecule has 0 fully saturated rings. The van der Waals surface area contributed by atoms with Crippen molar-refractivity contribution in [1.29, 1.82) is 0 Å². The molecule has 0 amide bonds. The SMILES string of the molecule is CC=C(CCC(C)=O)OC(C)=O. The van der Waals surface area contributed by atoms with E-state index >= 15 is 0 Å². The highest BCUT2D eigenvalue weighted by atomic mass is 16.5. The molecule has 0 spiro atoms. The van der Waals surface area contributed by atoms with Gasteiger partial charge >= 0.3 is 5.97 Å². The van der Waals surface area contributed by atoms with Crippen LogP contribution in [0.15, 0.2) is 11.8 Å². The summed E-state index contributed by atoms with van der Waals surface area (Å²) in [4.78, 5) is 21.1. The molecule has 0 saturated carbocycles. The molecular formula is C9H14O3. The molecule has 0 rings (SSSR count). The van der Waals surface area contributed by atoms with Gasteiger partial charge in [-0.15, -0.1) is 0 Å². The maximum atomic E-state index is 10.6. The van der Waals surface area contributed by atoms with Crippen molar-refractivity contribution < 1.29 is 14.3 Å². The highest BCUT2D eigenvalue weighted by Gasteiger charge is 2.02. The number of carbonyl (C=O) groups is 2. The third kappa shape index (κ3) is 5.65. The van der Waals surface area contributed by atoms with Crippen LogP contribution in [0.4, 0.5) is 0 Å². The van der Waals surface area contributed by atoms with Crippen molar-refractivity contribution in [2.24, 2.45) is 0 Å². The molecule has 0 radical (unpaired) electrons. The molecule has 0 aliphatic rings.